The summed E-state index contributed by atoms with van der Waals surface area (Å²) in [7, 11) is 3.69. The molecule has 0 fully saturated rings. The van der Waals surface area contributed by atoms with Crippen LogP contribution in [0.5, 0.6) is 0 Å². The molecule has 0 aromatic heterocycles. The van der Waals surface area contributed by atoms with Gasteiger partial charge in [-0.3, -0.25) is 0 Å². The van der Waals surface area contributed by atoms with Crippen LogP contribution in [0.3, 0.4) is 0 Å². The lowest BCUT2D eigenvalue weighted by Gasteiger charge is -2.17. The third kappa shape index (κ3) is 5.84. The Morgan fingerprint density at radius 1 is 1.42 bits per heavy atom. The van der Waals surface area contributed by atoms with E-state index in [1.807, 2.05) is 7.05 Å². The van der Waals surface area contributed by atoms with Crippen molar-refractivity contribution in [2.24, 2.45) is 0 Å². The molecule has 0 radical (unpaired) electrons. The average molecular weight is 265 g/mol. The summed E-state index contributed by atoms with van der Waals surface area (Å²) in [4.78, 5) is 2.14. The number of aliphatic hydroxyl groups excluding tert-OH is 1. The third-order valence-corrected chi connectivity index (χ3v) is 2.70. The number of nitrogens with zero attached hydrogens (tertiary/aromatic N) is 1. The fourth-order valence-electron chi connectivity index (χ4n) is 1.79. The van der Waals surface area contributed by atoms with E-state index in [1.54, 1.807) is 13.2 Å². The molecule has 1 aromatic rings. The summed E-state index contributed by atoms with van der Waals surface area (Å²) in [6, 6.07) is 4.58. The molecule has 0 aliphatic carbocycles. The molecule has 0 saturated heterocycles. The molecule has 4 heteroatoms. The number of hydrogen-bond donors (Lipinski definition) is 1. The van der Waals surface area contributed by atoms with E-state index < -0.39 is 0 Å². The van der Waals surface area contributed by atoms with E-state index in [9.17, 15) is 4.39 Å². The first-order chi connectivity index (χ1) is 9.17. The number of methoxy groups -OCH3 is 1. The molecule has 1 rings (SSSR count). The quantitative estimate of drug-likeness (QED) is 0.627. The summed E-state index contributed by atoms with van der Waals surface area (Å²) in [6.07, 6.45) is 0.950. The molecule has 0 aliphatic rings. The lowest BCUT2D eigenvalue weighted by molar-refractivity contribution is 0.178. The molecule has 0 heterocycles. The van der Waals surface area contributed by atoms with Crippen molar-refractivity contribution in [3.8, 4) is 11.8 Å². The van der Waals surface area contributed by atoms with Crippen LogP contribution < -0.4 is 0 Å². The van der Waals surface area contributed by atoms with Gasteiger partial charge < -0.3 is 14.7 Å². The largest absolute Gasteiger partial charge is 0.385 e. The van der Waals surface area contributed by atoms with Crippen molar-refractivity contribution in [1.82, 2.24) is 4.90 Å². The highest BCUT2D eigenvalue weighted by Gasteiger charge is 2.05. The van der Waals surface area contributed by atoms with Crippen LogP contribution in [-0.2, 0) is 11.3 Å². The van der Waals surface area contributed by atoms with E-state index in [2.05, 4.69) is 16.7 Å². The van der Waals surface area contributed by atoms with Crippen molar-refractivity contribution in [3.63, 3.8) is 0 Å². The van der Waals surface area contributed by atoms with Gasteiger partial charge in [-0.05, 0) is 31.2 Å². The monoisotopic (exact) mass is 265 g/mol. The Kier molecular flexibility index (Phi) is 7.12. The van der Waals surface area contributed by atoms with Crippen LogP contribution >= 0.6 is 0 Å². The molecular formula is C15H20FNO2. The summed E-state index contributed by atoms with van der Waals surface area (Å²) in [6.45, 7) is 2.10. The molecule has 19 heavy (non-hydrogen) atoms. The van der Waals surface area contributed by atoms with Crippen LogP contribution in [0.15, 0.2) is 18.2 Å². The molecule has 0 aliphatic heterocycles. The Bertz CT molecular complexity index is 451. The third-order valence-electron chi connectivity index (χ3n) is 2.70. The zero-order valence-electron chi connectivity index (χ0n) is 11.4. The lowest BCUT2D eigenvalue weighted by Crippen LogP contribution is -2.20. The maximum atomic E-state index is 13.2. The van der Waals surface area contributed by atoms with Crippen molar-refractivity contribution < 1.29 is 14.2 Å². The fraction of sp³-hybridized carbons (Fsp3) is 0.467. The van der Waals surface area contributed by atoms with Crippen molar-refractivity contribution in [2.75, 3.05) is 33.9 Å². The maximum Gasteiger partial charge on any atom is 0.124 e. The van der Waals surface area contributed by atoms with Gasteiger partial charge in [0.25, 0.3) is 0 Å². The molecule has 0 spiro atoms. The number of ether oxygens (including phenoxy) is 1. The van der Waals surface area contributed by atoms with Crippen LogP contribution in [0.4, 0.5) is 4.39 Å². The summed E-state index contributed by atoms with van der Waals surface area (Å²) in [5, 5.41) is 8.72. The summed E-state index contributed by atoms with van der Waals surface area (Å²) >= 11 is 0. The smallest absolute Gasteiger partial charge is 0.124 e. The summed E-state index contributed by atoms with van der Waals surface area (Å²) in [5.41, 5.74) is 1.59. The predicted octanol–water partition coefficient (Wildman–Crippen LogP) is 1.64. The minimum absolute atomic E-state index is 0.223. The van der Waals surface area contributed by atoms with E-state index in [1.165, 1.54) is 12.1 Å². The Morgan fingerprint density at radius 3 is 2.89 bits per heavy atom. The minimum atomic E-state index is -0.312. The van der Waals surface area contributed by atoms with Gasteiger partial charge in [0.2, 0.25) is 0 Å². The summed E-state index contributed by atoms with van der Waals surface area (Å²) in [5.74, 6) is 5.03. The van der Waals surface area contributed by atoms with Gasteiger partial charge in [0.15, 0.2) is 0 Å². The number of benzene rings is 1. The molecule has 0 atom stereocenters. The first-order valence-electron chi connectivity index (χ1n) is 6.23. The maximum absolute atomic E-state index is 13.2. The minimum Gasteiger partial charge on any atom is -0.385 e. The highest BCUT2D eigenvalue weighted by Crippen LogP contribution is 2.12. The molecule has 1 N–H and O–H groups in total. The second-order valence-electron chi connectivity index (χ2n) is 4.35. The topological polar surface area (TPSA) is 32.7 Å². The first-order valence-corrected chi connectivity index (χ1v) is 6.23. The van der Waals surface area contributed by atoms with Crippen LogP contribution in [0.2, 0.25) is 0 Å². The molecule has 0 bridgehead atoms. The Morgan fingerprint density at radius 2 is 2.21 bits per heavy atom. The second-order valence-corrected chi connectivity index (χ2v) is 4.35. The molecule has 0 amide bonds. The zero-order valence-corrected chi connectivity index (χ0v) is 11.4. The van der Waals surface area contributed by atoms with Crippen molar-refractivity contribution in [2.45, 2.75) is 13.0 Å². The molecule has 0 saturated carbocycles. The van der Waals surface area contributed by atoms with Crippen molar-refractivity contribution in [1.29, 1.82) is 0 Å². The van der Waals surface area contributed by atoms with Gasteiger partial charge in [0, 0.05) is 32.4 Å². The van der Waals surface area contributed by atoms with Gasteiger partial charge in [-0.15, -0.1) is 0 Å². The number of hydrogen-bond acceptors (Lipinski definition) is 3. The Hall–Kier alpha value is -1.41. The van der Waals surface area contributed by atoms with Crippen LogP contribution in [0, 0.1) is 17.7 Å². The van der Waals surface area contributed by atoms with Crippen molar-refractivity contribution in [3.05, 3.63) is 35.1 Å². The van der Waals surface area contributed by atoms with Crippen LogP contribution in [0.25, 0.3) is 0 Å². The lowest BCUT2D eigenvalue weighted by atomic mass is 10.1. The molecular weight excluding hydrogens is 245 g/mol. The van der Waals surface area contributed by atoms with E-state index in [0.29, 0.717) is 12.1 Å². The molecule has 104 valence electrons. The fourth-order valence-corrected chi connectivity index (χ4v) is 1.79. The second kappa shape index (κ2) is 8.65. The Labute approximate surface area is 114 Å². The zero-order chi connectivity index (χ0) is 14.1. The van der Waals surface area contributed by atoms with Gasteiger partial charge in [0.05, 0.1) is 0 Å². The SMILES string of the molecule is COCCCN(C)Cc1ccc(F)cc1C#CCO. The normalized spacial score (nSPS) is 10.4. The van der Waals surface area contributed by atoms with E-state index in [-0.39, 0.29) is 12.4 Å². The Balaban J connectivity index is 2.71. The van der Waals surface area contributed by atoms with E-state index in [4.69, 9.17) is 9.84 Å². The summed E-state index contributed by atoms with van der Waals surface area (Å²) < 4.78 is 18.2. The number of halogens is 1. The number of rotatable bonds is 6. The predicted molar refractivity (Wildman–Crippen MR) is 73.2 cm³/mol. The van der Waals surface area contributed by atoms with Gasteiger partial charge in [-0.25, -0.2) is 4.39 Å². The van der Waals surface area contributed by atoms with Gasteiger partial charge in [-0.1, -0.05) is 17.9 Å². The highest BCUT2D eigenvalue weighted by atomic mass is 19.1. The van der Waals surface area contributed by atoms with Gasteiger partial charge in [-0.2, -0.15) is 0 Å². The van der Waals surface area contributed by atoms with Gasteiger partial charge >= 0.3 is 0 Å². The molecule has 0 unspecified atom stereocenters. The van der Waals surface area contributed by atoms with E-state index in [0.717, 1.165) is 25.1 Å². The molecule has 1 aromatic carbocycles. The molecule has 3 nitrogen and oxygen atoms in total. The van der Waals surface area contributed by atoms with Crippen molar-refractivity contribution >= 4 is 0 Å². The highest BCUT2D eigenvalue weighted by molar-refractivity contribution is 5.41. The number of aliphatic hydroxyl groups is 1. The van der Waals surface area contributed by atoms with Gasteiger partial charge in [0.1, 0.15) is 12.4 Å². The van der Waals surface area contributed by atoms with Crippen LogP contribution in [0.1, 0.15) is 17.5 Å². The average Bonchev–Trinajstić information content (AvgIpc) is 2.39. The van der Waals surface area contributed by atoms with E-state index >= 15 is 0 Å². The standard InChI is InChI=1S/C15H20FNO2/c1-17(8-4-10-19-2)12-14-6-7-15(16)11-13(14)5-3-9-18/h6-7,11,18H,4,8-10,12H2,1-2H3. The first kappa shape index (κ1) is 15.6. The van der Waals surface area contributed by atoms with Crippen LogP contribution in [-0.4, -0.2) is 43.9 Å².